The molecule has 2 atom stereocenters. The third-order valence-corrected chi connectivity index (χ3v) is 3.84. The van der Waals surface area contributed by atoms with E-state index in [1.807, 2.05) is 0 Å². The molecule has 1 aromatic carbocycles. The van der Waals surface area contributed by atoms with Crippen molar-refractivity contribution in [2.24, 2.45) is 17.6 Å². The van der Waals surface area contributed by atoms with E-state index in [1.54, 1.807) is 6.92 Å². The Balaban J connectivity index is 3.10. The van der Waals surface area contributed by atoms with E-state index < -0.39 is 36.1 Å². The number of halogens is 6. The van der Waals surface area contributed by atoms with Crippen LogP contribution in [0.4, 0.5) is 26.3 Å². The van der Waals surface area contributed by atoms with Crippen molar-refractivity contribution in [3.8, 4) is 11.5 Å². The zero-order valence-corrected chi connectivity index (χ0v) is 14.2. The summed E-state index contributed by atoms with van der Waals surface area (Å²) in [4.78, 5) is 11.1. The fourth-order valence-corrected chi connectivity index (χ4v) is 2.53. The number of carboxylic acids is 1. The summed E-state index contributed by atoms with van der Waals surface area (Å²) in [6.45, 7) is 1.57. The number of carbonyl (C=O) groups is 1. The number of hydrogen-bond acceptors (Lipinski definition) is 4. The van der Waals surface area contributed by atoms with Gasteiger partial charge in [0.2, 0.25) is 0 Å². The van der Waals surface area contributed by atoms with E-state index in [9.17, 15) is 31.1 Å². The Bertz CT molecular complexity index is 632. The molecular weight excluding hydrogens is 384 g/mol. The van der Waals surface area contributed by atoms with Crippen molar-refractivity contribution in [1.82, 2.24) is 0 Å². The van der Waals surface area contributed by atoms with E-state index in [0.29, 0.717) is 12.5 Å². The van der Waals surface area contributed by atoms with Gasteiger partial charge in [-0.05, 0) is 30.4 Å². The lowest BCUT2D eigenvalue weighted by molar-refractivity contribution is -0.276. The highest BCUT2D eigenvalue weighted by atomic mass is 19.4. The lowest BCUT2D eigenvalue weighted by atomic mass is 9.87. The maximum Gasteiger partial charge on any atom is 0.573 e. The van der Waals surface area contributed by atoms with Crippen LogP contribution in [0.25, 0.3) is 0 Å². The summed E-state index contributed by atoms with van der Waals surface area (Å²) in [7, 11) is 0. The quantitative estimate of drug-likeness (QED) is 0.607. The molecule has 0 spiro atoms. The van der Waals surface area contributed by atoms with Gasteiger partial charge in [-0.25, -0.2) is 0 Å². The molecule has 0 saturated heterocycles. The SMILES string of the molecule is CCC(Cc1ccc(OC(F)(F)F)cc1OC(F)(F)F)CC(CN)C(=O)O. The van der Waals surface area contributed by atoms with E-state index in [2.05, 4.69) is 9.47 Å². The molecule has 11 heteroatoms. The minimum absolute atomic E-state index is 0.0186. The minimum atomic E-state index is -5.12. The minimum Gasteiger partial charge on any atom is -0.481 e. The predicted molar refractivity (Wildman–Crippen MR) is 82.1 cm³/mol. The third-order valence-electron chi connectivity index (χ3n) is 3.84. The van der Waals surface area contributed by atoms with Gasteiger partial charge in [0.05, 0.1) is 5.92 Å². The van der Waals surface area contributed by atoms with Crippen LogP contribution in [0.1, 0.15) is 25.3 Å². The number of aliphatic carboxylic acids is 1. The summed E-state index contributed by atoms with van der Waals surface area (Å²) in [5.41, 5.74) is 5.37. The molecule has 154 valence electrons. The normalized spacial score (nSPS) is 14.5. The molecule has 0 aliphatic heterocycles. The van der Waals surface area contributed by atoms with Gasteiger partial charge in [0, 0.05) is 12.6 Å². The second kappa shape index (κ2) is 9.16. The Kier molecular flexibility index (Phi) is 7.76. The first-order valence-electron chi connectivity index (χ1n) is 7.91. The topological polar surface area (TPSA) is 81.8 Å². The van der Waals surface area contributed by atoms with Gasteiger partial charge in [-0.3, -0.25) is 4.79 Å². The van der Waals surface area contributed by atoms with Crippen molar-refractivity contribution < 1.29 is 45.7 Å². The maximum atomic E-state index is 12.6. The van der Waals surface area contributed by atoms with Crippen LogP contribution in [0.15, 0.2) is 18.2 Å². The molecule has 0 heterocycles. The first-order chi connectivity index (χ1) is 12.3. The summed E-state index contributed by atoms with van der Waals surface area (Å²) in [5.74, 6) is -4.06. The lowest BCUT2D eigenvalue weighted by Gasteiger charge is -2.21. The molecule has 1 aromatic rings. The summed E-state index contributed by atoms with van der Waals surface area (Å²) < 4.78 is 82.1. The Morgan fingerprint density at radius 2 is 1.74 bits per heavy atom. The zero-order chi connectivity index (χ0) is 20.8. The van der Waals surface area contributed by atoms with Crippen LogP contribution in [-0.4, -0.2) is 30.3 Å². The van der Waals surface area contributed by atoms with Crippen molar-refractivity contribution >= 4 is 5.97 Å². The molecule has 1 rings (SSSR count). The molecule has 0 aliphatic carbocycles. The Hall–Kier alpha value is -2.17. The highest BCUT2D eigenvalue weighted by Gasteiger charge is 2.34. The van der Waals surface area contributed by atoms with Crippen LogP contribution >= 0.6 is 0 Å². The fourth-order valence-electron chi connectivity index (χ4n) is 2.53. The molecule has 0 aromatic heterocycles. The highest BCUT2D eigenvalue weighted by molar-refractivity contribution is 5.70. The monoisotopic (exact) mass is 403 g/mol. The second-order valence-electron chi connectivity index (χ2n) is 5.85. The number of hydrogen-bond donors (Lipinski definition) is 2. The largest absolute Gasteiger partial charge is 0.573 e. The van der Waals surface area contributed by atoms with Gasteiger partial charge in [0.15, 0.2) is 0 Å². The maximum absolute atomic E-state index is 12.6. The molecule has 0 radical (unpaired) electrons. The summed E-state index contributed by atoms with van der Waals surface area (Å²) in [6, 6.07) is 2.40. The van der Waals surface area contributed by atoms with Gasteiger partial charge in [0.1, 0.15) is 11.5 Å². The van der Waals surface area contributed by atoms with E-state index in [0.717, 1.165) is 12.1 Å². The molecule has 0 saturated carbocycles. The molecule has 0 amide bonds. The van der Waals surface area contributed by atoms with Crippen LogP contribution in [0.5, 0.6) is 11.5 Å². The lowest BCUT2D eigenvalue weighted by Crippen LogP contribution is -2.26. The van der Waals surface area contributed by atoms with E-state index in [-0.39, 0.29) is 30.9 Å². The number of carboxylic acid groups (broad SMARTS) is 1. The third kappa shape index (κ3) is 8.37. The predicted octanol–water partition coefficient (Wildman–Crippen LogP) is 4.10. The smallest absolute Gasteiger partial charge is 0.481 e. The standard InChI is InChI=1S/C16H19F6NO4/c1-2-9(6-11(8-23)14(24)25)5-10-3-4-12(26-15(17,18)19)7-13(10)27-16(20,21)22/h3-4,7,9,11H,2,5-6,8,23H2,1H3,(H,24,25). The van der Waals surface area contributed by atoms with Gasteiger partial charge in [-0.2, -0.15) is 0 Å². The average Bonchev–Trinajstić information content (AvgIpc) is 2.49. The van der Waals surface area contributed by atoms with Crippen molar-refractivity contribution in [3.63, 3.8) is 0 Å². The molecule has 0 aliphatic rings. The molecule has 27 heavy (non-hydrogen) atoms. The second-order valence-corrected chi connectivity index (χ2v) is 5.85. The molecule has 0 fully saturated rings. The number of alkyl halides is 6. The van der Waals surface area contributed by atoms with E-state index in [4.69, 9.17) is 10.8 Å². The van der Waals surface area contributed by atoms with Crippen molar-refractivity contribution in [2.75, 3.05) is 6.54 Å². The van der Waals surface area contributed by atoms with Crippen molar-refractivity contribution in [2.45, 2.75) is 38.9 Å². The number of ether oxygens (including phenoxy) is 2. The van der Waals surface area contributed by atoms with Crippen LogP contribution in [0.3, 0.4) is 0 Å². The van der Waals surface area contributed by atoms with Gasteiger partial charge >= 0.3 is 18.7 Å². The van der Waals surface area contributed by atoms with Gasteiger partial charge in [-0.15, -0.1) is 26.3 Å². The van der Waals surface area contributed by atoms with Crippen molar-refractivity contribution in [3.05, 3.63) is 23.8 Å². The molecule has 5 nitrogen and oxygen atoms in total. The number of benzene rings is 1. The van der Waals surface area contributed by atoms with Crippen LogP contribution in [-0.2, 0) is 11.2 Å². The Morgan fingerprint density at radius 1 is 1.15 bits per heavy atom. The Morgan fingerprint density at radius 3 is 2.19 bits per heavy atom. The Labute approximate surface area is 151 Å². The summed E-state index contributed by atoms with van der Waals surface area (Å²) >= 11 is 0. The molecular formula is C16H19F6NO4. The zero-order valence-electron chi connectivity index (χ0n) is 14.2. The van der Waals surface area contributed by atoms with Crippen molar-refractivity contribution in [1.29, 1.82) is 0 Å². The number of rotatable bonds is 9. The first-order valence-corrected chi connectivity index (χ1v) is 7.91. The number of nitrogens with two attached hydrogens (primary N) is 1. The summed E-state index contributed by atoms with van der Waals surface area (Å²) in [6.07, 6.45) is -9.68. The first kappa shape index (κ1) is 22.9. The van der Waals surface area contributed by atoms with Crippen LogP contribution in [0, 0.1) is 11.8 Å². The van der Waals surface area contributed by atoms with Crippen LogP contribution in [0.2, 0.25) is 0 Å². The van der Waals surface area contributed by atoms with Gasteiger partial charge < -0.3 is 20.3 Å². The van der Waals surface area contributed by atoms with Gasteiger partial charge in [-0.1, -0.05) is 19.4 Å². The molecule has 3 N–H and O–H groups in total. The molecule has 2 unspecified atom stereocenters. The van der Waals surface area contributed by atoms with E-state index >= 15 is 0 Å². The average molecular weight is 403 g/mol. The fraction of sp³-hybridized carbons (Fsp3) is 0.562. The highest BCUT2D eigenvalue weighted by Crippen LogP contribution is 2.35. The summed E-state index contributed by atoms with van der Waals surface area (Å²) in [5, 5.41) is 9.06. The molecule has 0 bridgehead atoms. The van der Waals surface area contributed by atoms with Crippen LogP contribution < -0.4 is 15.2 Å². The van der Waals surface area contributed by atoms with E-state index in [1.165, 1.54) is 0 Å². The van der Waals surface area contributed by atoms with Gasteiger partial charge in [0.25, 0.3) is 0 Å².